The lowest BCUT2D eigenvalue weighted by Gasteiger charge is -2.60. The summed E-state index contributed by atoms with van der Waals surface area (Å²) in [7, 11) is 0. The largest absolute Gasteiger partial charge is 0.456 e. The minimum absolute atomic E-state index is 0.00970. The number of hydrogen-bond donors (Lipinski definition) is 4. The highest BCUT2D eigenvalue weighted by Gasteiger charge is 2.68. The Bertz CT molecular complexity index is 904. The Labute approximate surface area is 207 Å². The van der Waals surface area contributed by atoms with Gasteiger partial charge in [-0.05, 0) is 87.2 Å². The van der Waals surface area contributed by atoms with Crippen LogP contribution in [0, 0.1) is 28.6 Å². The third-order valence-corrected chi connectivity index (χ3v) is 10.1. The molecule has 0 aliphatic heterocycles. The van der Waals surface area contributed by atoms with Crippen LogP contribution in [0.15, 0.2) is 11.6 Å². The van der Waals surface area contributed by atoms with E-state index >= 15 is 0 Å². The maximum absolute atomic E-state index is 13.3. The number of rotatable bonds is 8. The van der Waals surface area contributed by atoms with Crippen LogP contribution in [0.5, 0.6) is 0 Å². The fraction of sp³-hybridized carbons (Fsp3) is 0.815. The third kappa shape index (κ3) is 4.30. The van der Waals surface area contributed by atoms with Crippen molar-refractivity contribution in [1.82, 2.24) is 0 Å². The minimum Gasteiger partial charge on any atom is -0.456 e. The number of aliphatic hydroxyl groups excluding tert-OH is 1. The van der Waals surface area contributed by atoms with Gasteiger partial charge in [-0.1, -0.05) is 25.8 Å². The number of allylic oxidation sites excluding steroid dienone is 1. The second kappa shape index (κ2) is 9.69. The highest BCUT2D eigenvalue weighted by Crippen LogP contribution is 2.67. The van der Waals surface area contributed by atoms with E-state index in [0.717, 1.165) is 31.3 Å². The van der Waals surface area contributed by atoms with Gasteiger partial charge in [0, 0.05) is 11.8 Å². The summed E-state index contributed by atoms with van der Waals surface area (Å²) in [5, 5.41) is 23.2. The molecule has 0 amide bonds. The molecular weight excluding hydrogens is 448 g/mol. The second-order valence-corrected chi connectivity index (χ2v) is 11.9. The monoisotopic (exact) mass is 490 g/mol. The number of unbranched alkanes of at least 4 members (excludes halogenated alkanes) is 1. The average molecular weight is 491 g/mol. The molecule has 0 aromatic heterocycles. The fourth-order valence-electron chi connectivity index (χ4n) is 8.14. The first-order chi connectivity index (χ1) is 16.5. The number of ketones is 2. The van der Waals surface area contributed by atoms with Gasteiger partial charge in [0.05, 0.1) is 6.10 Å². The first-order valence-electron chi connectivity index (χ1n) is 13.3. The average Bonchev–Trinajstić information content (AvgIpc) is 3.08. The molecule has 0 heterocycles. The number of ether oxygens (including phenoxy) is 1. The zero-order valence-corrected chi connectivity index (χ0v) is 21.1. The standard InChI is InChI=1S/C27H42N2O6/c1-25-10-8-17(30)13-16(25)6-7-18-19-9-11-27(34,26(19,2)14-21(31)23(18)25)22(32)15-35-24(33)20(29)5-3-4-12-28/h13,18-21,23,31,34H,3-12,14-15,28-29H2,1-2H3/t18?,19?,20?,21?,23?,25-,26-,27-/m0/s1. The van der Waals surface area contributed by atoms with E-state index in [1.54, 1.807) is 6.08 Å². The summed E-state index contributed by atoms with van der Waals surface area (Å²) in [5.74, 6) is -0.735. The minimum atomic E-state index is -1.66. The van der Waals surface area contributed by atoms with Crippen LogP contribution in [0.2, 0.25) is 0 Å². The van der Waals surface area contributed by atoms with Crippen molar-refractivity contribution >= 4 is 17.5 Å². The van der Waals surface area contributed by atoms with Crippen LogP contribution in [-0.4, -0.2) is 58.6 Å². The Balaban J connectivity index is 1.48. The number of Topliss-reactive ketones (excluding diaryl/α,β-unsaturated/α-hetero) is 1. The van der Waals surface area contributed by atoms with E-state index in [9.17, 15) is 24.6 Å². The van der Waals surface area contributed by atoms with E-state index in [1.165, 1.54) is 0 Å². The molecule has 3 saturated carbocycles. The topological polar surface area (TPSA) is 153 Å². The van der Waals surface area contributed by atoms with Gasteiger partial charge in [-0.3, -0.25) is 14.4 Å². The number of hydrogen-bond acceptors (Lipinski definition) is 8. The summed E-state index contributed by atoms with van der Waals surface area (Å²) < 4.78 is 5.22. The molecule has 0 bridgehead atoms. The molecule has 0 saturated heterocycles. The number of esters is 1. The van der Waals surface area contributed by atoms with Crippen molar-refractivity contribution in [3.05, 3.63) is 11.6 Å². The smallest absolute Gasteiger partial charge is 0.323 e. The van der Waals surface area contributed by atoms with Gasteiger partial charge in [-0.25, -0.2) is 0 Å². The van der Waals surface area contributed by atoms with Crippen molar-refractivity contribution in [2.24, 2.45) is 40.1 Å². The number of carbonyl (C=O) groups is 3. The summed E-state index contributed by atoms with van der Waals surface area (Å²) in [4.78, 5) is 37.6. The Morgan fingerprint density at radius 1 is 1.20 bits per heavy atom. The van der Waals surface area contributed by atoms with Gasteiger partial charge in [0.2, 0.25) is 5.78 Å². The lowest BCUT2D eigenvalue weighted by Crippen LogP contribution is -2.62. The first-order valence-corrected chi connectivity index (χ1v) is 13.3. The van der Waals surface area contributed by atoms with Crippen molar-refractivity contribution < 1.29 is 29.3 Å². The van der Waals surface area contributed by atoms with Crippen molar-refractivity contribution in [1.29, 1.82) is 0 Å². The molecule has 196 valence electrons. The molecule has 4 rings (SSSR count). The lowest BCUT2D eigenvalue weighted by atomic mass is 9.45. The molecule has 0 spiro atoms. The molecule has 0 radical (unpaired) electrons. The van der Waals surface area contributed by atoms with Crippen molar-refractivity contribution in [2.75, 3.05) is 13.2 Å². The van der Waals surface area contributed by atoms with Gasteiger partial charge in [0.1, 0.15) is 11.6 Å². The highest BCUT2D eigenvalue weighted by molar-refractivity contribution is 5.92. The van der Waals surface area contributed by atoms with Crippen molar-refractivity contribution in [2.45, 2.75) is 95.8 Å². The van der Waals surface area contributed by atoms with E-state index in [-0.39, 0.29) is 29.0 Å². The number of carbonyl (C=O) groups excluding carboxylic acids is 3. The summed E-state index contributed by atoms with van der Waals surface area (Å²) in [5.41, 5.74) is 9.82. The summed E-state index contributed by atoms with van der Waals surface area (Å²) >= 11 is 0. The summed E-state index contributed by atoms with van der Waals surface area (Å²) in [6, 6.07) is -0.819. The summed E-state index contributed by atoms with van der Waals surface area (Å²) in [6.45, 7) is 4.10. The lowest BCUT2D eigenvalue weighted by molar-refractivity contribution is -0.184. The Morgan fingerprint density at radius 2 is 1.94 bits per heavy atom. The van der Waals surface area contributed by atoms with Gasteiger partial charge < -0.3 is 26.4 Å². The van der Waals surface area contributed by atoms with E-state index in [4.69, 9.17) is 16.2 Å². The van der Waals surface area contributed by atoms with E-state index in [1.807, 2.05) is 6.92 Å². The van der Waals surface area contributed by atoms with Crippen LogP contribution >= 0.6 is 0 Å². The van der Waals surface area contributed by atoms with Crippen molar-refractivity contribution in [3.63, 3.8) is 0 Å². The molecular formula is C27H42N2O6. The van der Waals surface area contributed by atoms with E-state index in [2.05, 4.69) is 6.92 Å². The summed E-state index contributed by atoms with van der Waals surface area (Å²) in [6.07, 6.45) is 7.20. The predicted octanol–water partition coefficient (Wildman–Crippen LogP) is 1.79. The van der Waals surface area contributed by atoms with Gasteiger partial charge in [0.25, 0.3) is 0 Å². The van der Waals surface area contributed by atoms with Crippen LogP contribution in [0.25, 0.3) is 0 Å². The molecule has 4 aliphatic rings. The zero-order valence-electron chi connectivity index (χ0n) is 21.1. The predicted molar refractivity (Wildman–Crippen MR) is 130 cm³/mol. The number of nitrogens with two attached hydrogens (primary N) is 2. The van der Waals surface area contributed by atoms with Crippen LogP contribution < -0.4 is 11.5 Å². The molecule has 0 aromatic carbocycles. The Kier molecular flexibility index (Phi) is 7.32. The number of aliphatic hydroxyl groups is 2. The molecule has 5 unspecified atom stereocenters. The molecule has 8 atom stereocenters. The molecule has 35 heavy (non-hydrogen) atoms. The first kappa shape index (κ1) is 26.5. The molecule has 6 N–H and O–H groups in total. The SMILES string of the molecule is C[C@]12CCC(=O)C=C1CCC1C2C(O)C[C@@]2(C)C1CC[C@]2(O)C(=O)COC(=O)C(N)CCCCN. The maximum Gasteiger partial charge on any atom is 0.323 e. The quantitative estimate of drug-likeness (QED) is 0.297. The normalized spacial score (nSPS) is 41.3. The maximum atomic E-state index is 13.3. The second-order valence-electron chi connectivity index (χ2n) is 11.9. The zero-order chi connectivity index (χ0) is 25.6. The molecule has 3 fully saturated rings. The van der Waals surface area contributed by atoms with Gasteiger partial charge in [-0.15, -0.1) is 0 Å². The van der Waals surface area contributed by atoms with E-state index < -0.39 is 41.5 Å². The molecule has 8 nitrogen and oxygen atoms in total. The molecule has 8 heteroatoms. The van der Waals surface area contributed by atoms with Crippen LogP contribution in [0.3, 0.4) is 0 Å². The molecule has 4 aliphatic carbocycles. The highest BCUT2D eigenvalue weighted by atomic mass is 16.5. The van der Waals surface area contributed by atoms with Gasteiger partial charge in [0.15, 0.2) is 12.4 Å². The van der Waals surface area contributed by atoms with Crippen LogP contribution in [-0.2, 0) is 19.1 Å². The van der Waals surface area contributed by atoms with Crippen LogP contribution in [0.4, 0.5) is 0 Å². The fourth-order valence-corrected chi connectivity index (χ4v) is 8.14. The Hall–Kier alpha value is -1.61. The Morgan fingerprint density at radius 3 is 2.66 bits per heavy atom. The van der Waals surface area contributed by atoms with Crippen molar-refractivity contribution in [3.8, 4) is 0 Å². The van der Waals surface area contributed by atoms with E-state index in [0.29, 0.717) is 45.1 Å². The van der Waals surface area contributed by atoms with Gasteiger partial charge >= 0.3 is 5.97 Å². The van der Waals surface area contributed by atoms with Gasteiger partial charge in [-0.2, -0.15) is 0 Å². The molecule has 0 aromatic rings. The third-order valence-electron chi connectivity index (χ3n) is 10.1. The van der Waals surface area contributed by atoms with Crippen LogP contribution in [0.1, 0.15) is 78.1 Å². The number of fused-ring (bicyclic) bond motifs is 5.